The molecule has 1 saturated heterocycles. The Labute approximate surface area is 101 Å². The predicted molar refractivity (Wildman–Crippen MR) is 68.2 cm³/mol. The fourth-order valence-electron chi connectivity index (χ4n) is 2.23. The van der Waals surface area contributed by atoms with Gasteiger partial charge < -0.3 is 10.2 Å². The third-order valence-electron chi connectivity index (χ3n) is 3.31. The first-order valence-corrected chi connectivity index (χ1v) is 6.18. The monoisotopic (exact) mass is 236 g/mol. The molecule has 1 aromatic rings. The number of hydrogen-bond acceptors (Lipinski definition) is 4. The molecule has 1 aliphatic heterocycles. The molecule has 2 heterocycles. The summed E-state index contributed by atoms with van der Waals surface area (Å²) in [5.74, 6) is 0.664. The number of nitrogens with one attached hydrogen (secondary N) is 2. The Balaban J connectivity index is 1.82. The SMILES string of the molecule is CC(C)N1CCC(CNc2cn[nH]c(=O)c2)C1. The zero-order valence-corrected chi connectivity index (χ0v) is 10.4. The van der Waals surface area contributed by atoms with E-state index in [1.165, 1.54) is 13.0 Å². The number of anilines is 1. The molecule has 2 N–H and O–H groups in total. The summed E-state index contributed by atoms with van der Waals surface area (Å²) in [5, 5.41) is 9.41. The number of aromatic amines is 1. The van der Waals surface area contributed by atoms with Gasteiger partial charge in [0.05, 0.1) is 11.9 Å². The molecule has 0 bridgehead atoms. The molecule has 0 saturated carbocycles. The van der Waals surface area contributed by atoms with E-state index < -0.39 is 0 Å². The summed E-state index contributed by atoms with van der Waals surface area (Å²) in [6, 6.07) is 2.17. The second-order valence-corrected chi connectivity index (χ2v) is 4.96. The van der Waals surface area contributed by atoms with Gasteiger partial charge in [-0.3, -0.25) is 4.79 Å². The fourth-order valence-corrected chi connectivity index (χ4v) is 2.23. The maximum Gasteiger partial charge on any atom is 0.266 e. The van der Waals surface area contributed by atoms with Crippen molar-refractivity contribution in [3.63, 3.8) is 0 Å². The standard InChI is InChI=1S/C12H20N4O/c1-9(2)16-4-3-10(8-16)6-13-11-5-12(17)15-14-7-11/h5,7,9-10H,3-4,6,8H2,1-2H3,(H2,13,15,17). The topological polar surface area (TPSA) is 61.0 Å². The summed E-state index contributed by atoms with van der Waals surface area (Å²) in [6.07, 6.45) is 2.87. The van der Waals surface area contributed by atoms with Crippen LogP contribution in [-0.4, -0.2) is 40.8 Å². The van der Waals surface area contributed by atoms with Crippen LogP contribution in [0.15, 0.2) is 17.1 Å². The lowest BCUT2D eigenvalue weighted by Gasteiger charge is -2.20. The maximum atomic E-state index is 11.1. The molecule has 0 spiro atoms. The van der Waals surface area contributed by atoms with E-state index in [0.717, 1.165) is 18.8 Å². The van der Waals surface area contributed by atoms with Gasteiger partial charge in [-0.05, 0) is 32.7 Å². The molecule has 5 heteroatoms. The summed E-state index contributed by atoms with van der Waals surface area (Å²) >= 11 is 0. The van der Waals surface area contributed by atoms with Gasteiger partial charge in [0.1, 0.15) is 0 Å². The van der Waals surface area contributed by atoms with Gasteiger partial charge in [0, 0.05) is 25.2 Å². The van der Waals surface area contributed by atoms with Gasteiger partial charge in [-0.2, -0.15) is 5.10 Å². The minimum Gasteiger partial charge on any atom is -0.383 e. The Morgan fingerprint density at radius 1 is 1.65 bits per heavy atom. The van der Waals surface area contributed by atoms with Crippen LogP contribution >= 0.6 is 0 Å². The van der Waals surface area contributed by atoms with Crippen molar-refractivity contribution in [2.45, 2.75) is 26.3 Å². The first-order valence-electron chi connectivity index (χ1n) is 6.18. The van der Waals surface area contributed by atoms with Crippen LogP contribution in [0, 0.1) is 5.92 Å². The molecule has 0 radical (unpaired) electrons. The smallest absolute Gasteiger partial charge is 0.266 e. The van der Waals surface area contributed by atoms with Crippen LogP contribution in [0.2, 0.25) is 0 Å². The number of nitrogens with zero attached hydrogens (tertiary/aromatic N) is 2. The molecule has 1 aromatic heterocycles. The number of rotatable bonds is 4. The molecule has 1 atom stereocenters. The molecule has 94 valence electrons. The van der Waals surface area contributed by atoms with Crippen LogP contribution in [0.4, 0.5) is 5.69 Å². The van der Waals surface area contributed by atoms with Crippen LogP contribution in [-0.2, 0) is 0 Å². The summed E-state index contributed by atoms with van der Waals surface area (Å²) in [5.41, 5.74) is 0.641. The van der Waals surface area contributed by atoms with E-state index in [4.69, 9.17) is 0 Å². The lowest BCUT2D eigenvalue weighted by molar-refractivity contribution is 0.266. The Morgan fingerprint density at radius 3 is 3.12 bits per heavy atom. The number of hydrogen-bond donors (Lipinski definition) is 2. The van der Waals surface area contributed by atoms with E-state index in [1.807, 2.05) is 0 Å². The van der Waals surface area contributed by atoms with Gasteiger partial charge in [0.2, 0.25) is 0 Å². The third-order valence-corrected chi connectivity index (χ3v) is 3.31. The van der Waals surface area contributed by atoms with Crippen LogP contribution in [0.25, 0.3) is 0 Å². The molecule has 0 aromatic carbocycles. The maximum absolute atomic E-state index is 11.1. The average Bonchev–Trinajstić information content (AvgIpc) is 2.75. The highest BCUT2D eigenvalue weighted by atomic mass is 16.1. The zero-order valence-electron chi connectivity index (χ0n) is 10.4. The summed E-state index contributed by atoms with van der Waals surface area (Å²) in [4.78, 5) is 13.5. The number of H-pyrrole nitrogens is 1. The Kier molecular flexibility index (Phi) is 3.78. The van der Waals surface area contributed by atoms with E-state index in [1.54, 1.807) is 12.3 Å². The summed E-state index contributed by atoms with van der Waals surface area (Å²) in [6.45, 7) is 7.69. The van der Waals surface area contributed by atoms with Crippen molar-refractivity contribution in [1.29, 1.82) is 0 Å². The van der Waals surface area contributed by atoms with Crippen molar-refractivity contribution in [3.05, 3.63) is 22.6 Å². The van der Waals surface area contributed by atoms with Crippen molar-refractivity contribution in [2.24, 2.45) is 5.92 Å². The Bertz CT molecular complexity index is 415. The third kappa shape index (κ3) is 3.30. The van der Waals surface area contributed by atoms with Gasteiger partial charge in [0.25, 0.3) is 5.56 Å². The quantitative estimate of drug-likeness (QED) is 0.816. The Hall–Kier alpha value is -1.36. The van der Waals surface area contributed by atoms with Crippen molar-refractivity contribution in [1.82, 2.24) is 15.1 Å². The van der Waals surface area contributed by atoms with E-state index in [9.17, 15) is 4.79 Å². The summed E-state index contributed by atoms with van der Waals surface area (Å²) < 4.78 is 0. The number of aromatic nitrogens is 2. The van der Waals surface area contributed by atoms with Gasteiger partial charge in [-0.15, -0.1) is 0 Å². The van der Waals surface area contributed by atoms with Gasteiger partial charge in [0.15, 0.2) is 0 Å². The second-order valence-electron chi connectivity index (χ2n) is 4.96. The van der Waals surface area contributed by atoms with Gasteiger partial charge >= 0.3 is 0 Å². The highest BCUT2D eigenvalue weighted by molar-refractivity contribution is 5.38. The lowest BCUT2D eigenvalue weighted by atomic mass is 10.1. The average molecular weight is 236 g/mol. The molecule has 0 aliphatic carbocycles. The molecule has 0 amide bonds. The molecule has 1 unspecified atom stereocenters. The molecular formula is C12H20N4O. The summed E-state index contributed by atoms with van der Waals surface area (Å²) in [7, 11) is 0. The minimum atomic E-state index is -0.162. The highest BCUT2D eigenvalue weighted by Crippen LogP contribution is 2.18. The number of likely N-dealkylation sites (tertiary alicyclic amines) is 1. The normalized spacial score (nSPS) is 21.0. The van der Waals surface area contributed by atoms with E-state index in [-0.39, 0.29) is 5.56 Å². The van der Waals surface area contributed by atoms with E-state index in [0.29, 0.717) is 12.0 Å². The largest absolute Gasteiger partial charge is 0.383 e. The minimum absolute atomic E-state index is 0.162. The first-order chi connectivity index (χ1) is 8.15. The molecule has 2 rings (SSSR count). The van der Waals surface area contributed by atoms with Gasteiger partial charge in [-0.1, -0.05) is 0 Å². The lowest BCUT2D eigenvalue weighted by Crippen LogP contribution is -2.29. The zero-order chi connectivity index (χ0) is 12.3. The van der Waals surface area contributed by atoms with E-state index in [2.05, 4.69) is 34.3 Å². The molecule has 5 nitrogen and oxygen atoms in total. The molecule has 1 fully saturated rings. The highest BCUT2D eigenvalue weighted by Gasteiger charge is 2.23. The predicted octanol–water partition coefficient (Wildman–Crippen LogP) is 0.912. The molecule has 1 aliphatic rings. The van der Waals surface area contributed by atoms with Crippen LogP contribution < -0.4 is 10.9 Å². The van der Waals surface area contributed by atoms with E-state index >= 15 is 0 Å². The molecule has 17 heavy (non-hydrogen) atoms. The van der Waals surface area contributed by atoms with Crippen molar-refractivity contribution in [3.8, 4) is 0 Å². The van der Waals surface area contributed by atoms with Gasteiger partial charge in [-0.25, -0.2) is 5.10 Å². The van der Waals surface area contributed by atoms with Crippen LogP contribution in [0.1, 0.15) is 20.3 Å². The van der Waals surface area contributed by atoms with Crippen molar-refractivity contribution in [2.75, 3.05) is 25.0 Å². The Morgan fingerprint density at radius 2 is 2.47 bits per heavy atom. The second kappa shape index (κ2) is 5.31. The van der Waals surface area contributed by atoms with Crippen LogP contribution in [0.3, 0.4) is 0 Å². The molecular weight excluding hydrogens is 216 g/mol. The van der Waals surface area contributed by atoms with Crippen molar-refractivity contribution >= 4 is 5.69 Å². The first kappa shape index (κ1) is 12.1. The fraction of sp³-hybridized carbons (Fsp3) is 0.667. The van der Waals surface area contributed by atoms with Crippen molar-refractivity contribution < 1.29 is 0 Å². The van der Waals surface area contributed by atoms with Crippen LogP contribution in [0.5, 0.6) is 0 Å².